The van der Waals surface area contributed by atoms with Crippen molar-refractivity contribution in [1.82, 2.24) is 4.90 Å². The summed E-state index contributed by atoms with van der Waals surface area (Å²) in [5.41, 5.74) is 1.19. The molecule has 0 unspecified atom stereocenters. The fourth-order valence-electron chi connectivity index (χ4n) is 3.78. The van der Waals surface area contributed by atoms with Crippen LogP contribution in [0.1, 0.15) is 35.9 Å². The van der Waals surface area contributed by atoms with Gasteiger partial charge in [0.2, 0.25) is 5.76 Å². The van der Waals surface area contributed by atoms with Crippen molar-refractivity contribution >= 4 is 22.8 Å². The molecule has 156 valence electrons. The molecule has 2 aromatic carbocycles. The maximum atomic E-state index is 12.8. The lowest BCUT2D eigenvalue weighted by Crippen LogP contribution is -2.41. The summed E-state index contributed by atoms with van der Waals surface area (Å²) < 4.78 is 16.9. The van der Waals surface area contributed by atoms with Crippen LogP contribution in [0.2, 0.25) is 0 Å². The highest BCUT2D eigenvalue weighted by molar-refractivity contribution is 5.96. The zero-order valence-electron chi connectivity index (χ0n) is 17.0. The zero-order chi connectivity index (χ0) is 20.9. The minimum atomic E-state index is -0.656. The molecule has 1 saturated heterocycles. The molecule has 0 N–H and O–H groups in total. The van der Waals surface area contributed by atoms with Crippen molar-refractivity contribution in [2.75, 3.05) is 19.7 Å². The van der Waals surface area contributed by atoms with E-state index in [2.05, 4.69) is 6.92 Å². The number of carbonyl (C=O) groups is 2. The molecule has 0 saturated carbocycles. The summed E-state index contributed by atoms with van der Waals surface area (Å²) in [7, 11) is 0. The fourth-order valence-corrected chi connectivity index (χ4v) is 3.78. The van der Waals surface area contributed by atoms with E-state index in [0.29, 0.717) is 35.9 Å². The Kier molecular flexibility index (Phi) is 6.02. The molecule has 1 fully saturated rings. The third kappa shape index (κ3) is 4.48. The van der Waals surface area contributed by atoms with Crippen LogP contribution in [0, 0.1) is 5.92 Å². The van der Waals surface area contributed by atoms with Crippen LogP contribution in [-0.2, 0) is 16.1 Å². The van der Waals surface area contributed by atoms with Gasteiger partial charge in [-0.2, -0.15) is 0 Å². The zero-order valence-corrected chi connectivity index (χ0v) is 17.0. The van der Waals surface area contributed by atoms with Gasteiger partial charge in [-0.1, -0.05) is 43.3 Å². The van der Waals surface area contributed by atoms with Gasteiger partial charge >= 0.3 is 5.97 Å². The van der Waals surface area contributed by atoms with Crippen molar-refractivity contribution in [2.45, 2.75) is 26.4 Å². The van der Waals surface area contributed by atoms with Crippen molar-refractivity contribution in [3.05, 3.63) is 65.9 Å². The van der Waals surface area contributed by atoms with Gasteiger partial charge in [0.25, 0.3) is 5.91 Å². The first-order chi connectivity index (χ1) is 14.6. The van der Waals surface area contributed by atoms with Crippen LogP contribution < -0.4 is 4.74 Å². The van der Waals surface area contributed by atoms with E-state index in [1.807, 2.05) is 48.5 Å². The minimum Gasteiger partial charge on any atom is -0.489 e. The average molecular weight is 407 g/mol. The first-order valence-corrected chi connectivity index (χ1v) is 10.2. The number of piperidine rings is 1. The quantitative estimate of drug-likeness (QED) is 0.566. The molecule has 4 rings (SSSR count). The fraction of sp³-hybridized carbons (Fsp3) is 0.333. The summed E-state index contributed by atoms with van der Waals surface area (Å²) in [5, 5.41) is 0.788. The van der Waals surface area contributed by atoms with Crippen LogP contribution >= 0.6 is 0 Å². The highest BCUT2D eigenvalue weighted by Gasteiger charge is 2.25. The van der Waals surface area contributed by atoms with Crippen molar-refractivity contribution in [2.24, 2.45) is 5.92 Å². The third-order valence-corrected chi connectivity index (χ3v) is 5.35. The molecular weight excluding hydrogens is 382 g/mol. The lowest BCUT2D eigenvalue weighted by atomic mass is 10.0. The molecule has 6 heteroatoms. The monoisotopic (exact) mass is 407 g/mol. The number of carbonyl (C=O) groups excluding carboxylic acids is 2. The van der Waals surface area contributed by atoms with E-state index in [-0.39, 0.29) is 24.9 Å². The van der Waals surface area contributed by atoms with Gasteiger partial charge in [0.05, 0.1) is 5.56 Å². The van der Waals surface area contributed by atoms with E-state index in [1.54, 1.807) is 11.0 Å². The third-order valence-electron chi connectivity index (χ3n) is 5.35. The molecule has 6 nitrogen and oxygen atoms in total. The summed E-state index contributed by atoms with van der Waals surface area (Å²) in [5.74, 6) is 0.406. The Morgan fingerprint density at radius 3 is 2.67 bits per heavy atom. The number of likely N-dealkylation sites (tertiary alicyclic amines) is 1. The van der Waals surface area contributed by atoms with Gasteiger partial charge in [-0.05, 0) is 37.0 Å². The number of amides is 1. The molecule has 1 aliphatic heterocycles. The second-order valence-electron chi connectivity index (χ2n) is 7.67. The maximum absolute atomic E-state index is 12.8. The SMILES string of the molecule is C[C@@H]1CCCN(C(=O)COC(=O)c2oc3ccccc3c2COc2ccccc2)C1. The Labute approximate surface area is 175 Å². The number of nitrogens with zero attached hydrogens (tertiary/aromatic N) is 1. The molecule has 1 aliphatic rings. The molecule has 0 spiro atoms. The van der Waals surface area contributed by atoms with Crippen molar-refractivity contribution < 1.29 is 23.5 Å². The number of hydrogen-bond donors (Lipinski definition) is 0. The smallest absolute Gasteiger partial charge is 0.375 e. The van der Waals surface area contributed by atoms with Gasteiger partial charge < -0.3 is 18.8 Å². The number of fused-ring (bicyclic) bond motifs is 1. The van der Waals surface area contributed by atoms with E-state index in [0.717, 1.165) is 18.2 Å². The first kappa shape index (κ1) is 20.0. The van der Waals surface area contributed by atoms with Crippen molar-refractivity contribution in [3.8, 4) is 5.75 Å². The van der Waals surface area contributed by atoms with E-state index < -0.39 is 5.97 Å². The topological polar surface area (TPSA) is 69.0 Å². The second kappa shape index (κ2) is 9.03. The van der Waals surface area contributed by atoms with Gasteiger partial charge in [-0.15, -0.1) is 0 Å². The molecule has 0 aliphatic carbocycles. The predicted molar refractivity (Wildman–Crippen MR) is 112 cm³/mol. The summed E-state index contributed by atoms with van der Waals surface area (Å²) in [6, 6.07) is 16.7. The number of para-hydroxylation sites is 2. The minimum absolute atomic E-state index is 0.0759. The number of furan rings is 1. The normalized spacial score (nSPS) is 16.4. The first-order valence-electron chi connectivity index (χ1n) is 10.2. The van der Waals surface area contributed by atoms with Gasteiger partial charge in [0, 0.05) is 18.5 Å². The second-order valence-corrected chi connectivity index (χ2v) is 7.67. The Balaban J connectivity index is 1.48. The largest absolute Gasteiger partial charge is 0.489 e. The summed E-state index contributed by atoms with van der Waals surface area (Å²) in [6.45, 7) is 3.40. The van der Waals surface area contributed by atoms with Crippen LogP contribution in [0.15, 0.2) is 59.0 Å². The maximum Gasteiger partial charge on any atom is 0.375 e. The lowest BCUT2D eigenvalue weighted by Gasteiger charge is -2.30. The number of rotatable bonds is 6. The van der Waals surface area contributed by atoms with Crippen LogP contribution in [0.5, 0.6) is 5.75 Å². The highest BCUT2D eigenvalue weighted by atomic mass is 16.5. The summed E-state index contributed by atoms with van der Waals surface area (Å²) in [6.07, 6.45) is 2.10. The molecule has 1 atom stereocenters. The Morgan fingerprint density at radius 2 is 1.87 bits per heavy atom. The molecule has 1 amide bonds. The number of ether oxygens (including phenoxy) is 2. The molecule has 3 aromatic rings. The number of esters is 1. The van der Waals surface area contributed by atoms with Crippen LogP contribution in [-0.4, -0.2) is 36.5 Å². The highest BCUT2D eigenvalue weighted by Crippen LogP contribution is 2.28. The van der Waals surface area contributed by atoms with Crippen molar-refractivity contribution in [1.29, 1.82) is 0 Å². The van der Waals surface area contributed by atoms with E-state index in [1.165, 1.54) is 0 Å². The molecule has 30 heavy (non-hydrogen) atoms. The van der Waals surface area contributed by atoms with Gasteiger partial charge in [-0.25, -0.2) is 4.79 Å². The molecule has 0 radical (unpaired) electrons. The summed E-state index contributed by atoms with van der Waals surface area (Å²) in [4.78, 5) is 27.0. The standard InChI is InChI=1S/C24H25NO5/c1-17-8-7-13-25(14-17)22(26)16-29-24(27)23-20(15-28-18-9-3-2-4-10-18)19-11-5-6-12-21(19)30-23/h2-6,9-12,17H,7-8,13-16H2,1H3/t17-/m1/s1. The average Bonchev–Trinajstić information content (AvgIpc) is 3.15. The molecular formula is C24H25NO5. The van der Waals surface area contributed by atoms with Gasteiger partial charge in [-0.3, -0.25) is 4.79 Å². The Bertz CT molecular complexity index is 1030. The Morgan fingerprint density at radius 1 is 1.10 bits per heavy atom. The number of benzene rings is 2. The van der Waals surface area contributed by atoms with E-state index in [9.17, 15) is 9.59 Å². The number of hydrogen-bond acceptors (Lipinski definition) is 5. The van der Waals surface area contributed by atoms with E-state index in [4.69, 9.17) is 13.9 Å². The molecule has 1 aromatic heterocycles. The summed E-state index contributed by atoms with van der Waals surface area (Å²) >= 11 is 0. The van der Waals surface area contributed by atoms with Crippen LogP contribution in [0.4, 0.5) is 0 Å². The van der Waals surface area contributed by atoms with Crippen molar-refractivity contribution in [3.63, 3.8) is 0 Å². The lowest BCUT2D eigenvalue weighted by molar-refractivity contribution is -0.136. The van der Waals surface area contributed by atoms with Gasteiger partial charge in [0.1, 0.15) is 17.9 Å². The Hall–Kier alpha value is -3.28. The van der Waals surface area contributed by atoms with E-state index >= 15 is 0 Å². The van der Waals surface area contributed by atoms with Gasteiger partial charge in [0.15, 0.2) is 6.61 Å². The van der Waals surface area contributed by atoms with Crippen LogP contribution in [0.3, 0.4) is 0 Å². The predicted octanol–water partition coefficient (Wildman–Crippen LogP) is 4.43. The molecule has 2 heterocycles. The molecule has 0 bridgehead atoms. The van der Waals surface area contributed by atoms with Crippen LogP contribution in [0.25, 0.3) is 11.0 Å².